The number of hydrogen-bond donors (Lipinski definition) is 2. The summed E-state index contributed by atoms with van der Waals surface area (Å²) in [4.78, 5) is 21.7. The molecule has 0 radical (unpaired) electrons. The van der Waals surface area contributed by atoms with Gasteiger partial charge in [-0.15, -0.1) is 24.8 Å². The number of halogens is 2. The number of methoxy groups -OCH3 is 1. The molecule has 0 aliphatic carbocycles. The van der Waals surface area contributed by atoms with Gasteiger partial charge in [0.2, 0.25) is 0 Å². The van der Waals surface area contributed by atoms with E-state index in [1.807, 2.05) is 67.1 Å². The van der Waals surface area contributed by atoms with Crippen molar-refractivity contribution in [3.05, 3.63) is 96.6 Å². The number of imidazole rings is 1. The van der Waals surface area contributed by atoms with E-state index in [1.165, 1.54) is 11.3 Å². The molecule has 2 heterocycles. The summed E-state index contributed by atoms with van der Waals surface area (Å²) in [6, 6.07) is 21.7. The minimum absolute atomic E-state index is 0. The van der Waals surface area contributed by atoms with Gasteiger partial charge in [0.25, 0.3) is 5.91 Å². The van der Waals surface area contributed by atoms with Crippen LogP contribution in [-0.4, -0.2) is 34.1 Å². The second kappa shape index (κ2) is 13.9. The first kappa shape index (κ1) is 29.1. The minimum Gasteiger partial charge on any atom is -0.494 e. The summed E-state index contributed by atoms with van der Waals surface area (Å²) in [6.07, 6.45) is 6.62. The van der Waals surface area contributed by atoms with Crippen molar-refractivity contribution in [1.29, 1.82) is 0 Å². The van der Waals surface area contributed by atoms with Gasteiger partial charge in [0, 0.05) is 36.6 Å². The predicted octanol–water partition coefficient (Wildman–Crippen LogP) is 6.44. The van der Waals surface area contributed by atoms with E-state index < -0.39 is 0 Å². The Morgan fingerprint density at radius 1 is 1.03 bits per heavy atom. The number of aromatic nitrogens is 3. The van der Waals surface area contributed by atoms with Crippen molar-refractivity contribution < 1.29 is 9.53 Å². The van der Waals surface area contributed by atoms with Gasteiger partial charge in [-0.05, 0) is 48.4 Å². The number of nitrogens with one attached hydrogen (secondary N) is 2. The van der Waals surface area contributed by atoms with E-state index in [1.54, 1.807) is 13.3 Å². The predicted molar refractivity (Wildman–Crippen MR) is 159 cm³/mol. The van der Waals surface area contributed by atoms with Crippen molar-refractivity contribution in [2.45, 2.75) is 19.5 Å². The molecule has 1 amide bonds. The molecule has 2 N–H and O–H groups in total. The molecule has 0 fully saturated rings. The summed E-state index contributed by atoms with van der Waals surface area (Å²) in [6.45, 7) is 2.61. The van der Waals surface area contributed by atoms with E-state index in [4.69, 9.17) is 4.74 Å². The normalized spacial score (nSPS) is 10.4. The monoisotopic (exact) mass is 569 g/mol. The average molecular weight is 571 g/mol. The second-order valence-corrected chi connectivity index (χ2v) is 9.36. The van der Waals surface area contributed by atoms with E-state index >= 15 is 0 Å². The molecule has 2 aromatic heterocycles. The number of fused-ring (bicyclic) bond motifs is 1. The number of carbonyl (C=O) groups is 1. The number of thiazole rings is 1. The molecule has 198 valence electrons. The highest BCUT2D eigenvalue weighted by Crippen LogP contribution is 2.39. The Labute approximate surface area is 238 Å². The number of ether oxygens (including phenoxy) is 1. The van der Waals surface area contributed by atoms with Crippen molar-refractivity contribution in [2.24, 2.45) is 0 Å². The van der Waals surface area contributed by atoms with E-state index in [0.717, 1.165) is 53.0 Å². The lowest BCUT2D eigenvalue weighted by Crippen LogP contribution is -2.16. The molecular weight excluding hydrogens is 541 g/mol. The zero-order valence-corrected chi connectivity index (χ0v) is 23.2. The van der Waals surface area contributed by atoms with Crippen LogP contribution in [0.3, 0.4) is 0 Å². The molecule has 0 atom stereocenters. The van der Waals surface area contributed by atoms with Gasteiger partial charge in [-0.1, -0.05) is 53.8 Å². The third-order valence-corrected chi connectivity index (χ3v) is 6.91. The highest BCUT2D eigenvalue weighted by atomic mass is 35.5. The van der Waals surface area contributed by atoms with Crippen molar-refractivity contribution in [1.82, 2.24) is 19.9 Å². The molecule has 5 aromatic rings. The third-order valence-electron chi connectivity index (χ3n) is 5.91. The fourth-order valence-corrected chi connectivity index (χ4v) is 5.04. The van der Waals surface area contributed by atoms with Crippen molar-refractivity contribution in [2.75, 3.05) is 19.0 Å². The number of benzene rings is 3. The summed E-state index contributed by atoms with van der Waals surface area (Å²) in [7, 11) is 1.63. The molecule has 0 aliphatic rings. The zero-order chi connectivity index (χ0) is 24.7. The number of anilines is 1. The Morgan fingerprint density at radius 3 is 2.53 bits per heavy atom. The van der Waals surface area contributed by atoms with Gasteiger partial charge in [-0.2, -0.15) is 0 Å². The van der Waals surface area contributed by atoms with Crippen LogP contribution in [0.2, 0.25) is 0 Å². The van der Waals surface area contributed by atoms with Crippen LogP contribution in [0.1, 0.15) is 22.3 Å². The van der Waals surface area contributed by atoms with E-state index in [9.17, 15) is 4.79 Å². The van der Waals surface area contributed by atoms with Gasteiger partial charge in [0.05, 0.1) is 18.1 Å². The van der Waals surface area contributed by atoms with Gasteiger partial charge >= 0.3 is 0 Å². The third kappa shape index (κ3) is 6.90. The van der Waals surface area contributed by atoms with Crippen molar-refractivity contribution in [3.8, 4) is 16.9 Å². The first-order valence-electron chi connectivity index (χ1n) is 11.8. The summed E-state index contributed by atoms with van der Waals surface area (Å²) in [5.41, 5.74) is 4.62. The maximum atomic E-state index is 12.9. The van der Waals surface area contributed by atoms with E-state index in [-0.39, 0.29) is 30.7 Å². The molecule has 0 unspecified atom stereocenters. The number of aryl methyl sites for hydroxylation is 1. The first-order valence-corrected chi connectivity index (χ1v) is 12.6. The van der Waals surface area contributed by atoms with Crippen LogP contribution >= 0.6 is 36.2 Å². The Bertz CT molecular complexity index is 1440. The van der Waals surface area contributed by atoms with Crippen LogP contribution in [0.5, 0.6) is 5.75 Å². The lowest BCUT2D eigenvalue weighted by molar-refractivity contribution is 0.102. The molecule has 38 heavy (non-hydrogen) atoms. The van der Waals surface area contributed by atoms with E-state index in [2.05, 4.69) is 37.3 Å². The number of carbonyl (C=O) groups excluding carboxylic acids is 1. The molecule has 0 saturated heterocycles. The summed E-state index contributed by atoms with van der Waals surface area (Å²) in [5.74, 6) is 0.498. The summed E-state index contributed by atoms with van der Waals surface area (Å²) < 4.78 is 8.57. The van der Waals surface area contributed by atoms with Crippen molar-refractivity contribution in [3.63, 3.8) is 0 Å². The highest BCUT2D eigenvalue weighted by Gasteiger charge is 2.16. The second-order valence-electron chi connectivity index (χ2n) is 8.36. The number of nitrogens with zero attached hydrogens (tertiary/aromatic N) is 3. The Hall–Kier alpha value is -3.43. The van der Waals surface area contributed by atoms with Gasteiger partial charge in [-0.3, -0.25) is 10.1 Å². The smallest absolute Gasteiger partial charge is 0.257 e. The molecule has 10 heteroatoms. The lowest BCUT2D eigenvalue weighted by atomic mass is 10.1. The SMILES string of the molecule is COc1ccc(-c2ccccc2)c2sc(NC(=O)c3ccc(CNCCCn4ccnc4)cc3)nc12.Cl.Cl. The number of amides is 1. The molecular formula is C28H29Cl2N5O2S. The fourth-order valence-electron chi connectivity index (χ4n) is 4.03. The van der Waals surface area contributed by atoms with Crippen LogP contribution in [0.15, 0.2) is 85.5 Å². The Kier molecular flexibility index (Phi) is 10.7. The number of hydrogen-bond acceptors (Lipinski definition) is 6. The van der Waals surface area contributed by atoms with Crippen molar-refractivity contribution >= 4 is 57.4 Å². The molecule has 5 rings (SSSR count). The van der Waals surface area contributed by atoms with Crippen LogP contribution in [0.4, 0.5) is 5.13 Å². The first-order chi connectivity index (χ1) is 17.7. The molecule has 3 aromatic carbocycles. The van der Waals surface area contributed by atoms with Crippen LogP contribution in [0, 0.1) is 0 Å². The van der Waals surface area contributed by atoms with Crippen LogP contribution < -0.4 is 15.4 Å². The maximum Gasteiger partial charge on any atom is 0.257 e. The lowest BCUT2D eigenvalue weighted by Gasteiger charge is -2.07. The standard InChI is InChI=1S/C28H27N5O2S.2ClH/c1-35-24-13-12-23(21-6-3-2-4-7-21)26-25(24)31-28(36-26)32-27(34)22-10-8-20(9-11-22)18-29-14-5-16-33-17-15-30-19-33;;/h2-4,6-13,15,17,19,29H,5,14,16,18H2,1H3,(H,31,32,34);2*1H. The Morgan fingerprint density at radius 2 is 1.82 bits per heavy atom. The van der Waals surface area contributed by atoms with E-state index in [0.29, 0.717) is 16.4 Å². The Balaban J connectivity index is 0.00000200. The molecule has 0 spiro atoms. The average Bonchev–Trinajstić information content (AvgIpc) is 3.59. The fraction of sp³-hybridized carbons (Fsp3) is 0.179. The highest BCUT2D eigenvalue weighted by molar-refractivity contribution is 7.23. The molecule has 0 bridgehead atoms. The topological polar surface area (TPSA) is 81.1 Å². The minimum atomic E-state index is -0.186. The summed E-state index contributed by atoms with van der Waals surface area (Å²) in [5, 5.41) is 6.94. The van der Waals surface area contributed by atoms with Gasteiger partial charge in [0.1, 0.15) is 11.3 Å². The molecule has 7 nitrogen and oxygen atoms in total. The van der Waals surface area contributed by atoms with Gasteiger partial charge in [0.15, 0.2) is 5.13 Å². The number of rotatable bonds is 10. The van der Waals surface area contributed by atoms with Crippen LogP contribution in [-0.2, 0) is 13.1 Å². The molecule has 0 aliphatic heterocycles. The summed E-state index contributed by atoms with van der Waals surface area (Å²) >= 11 is 1.45. The van der Waals surface area contributed by atoms with Gasteiger partial charge in [-0.25, -0.2) is 9.97 Å². The largest absolute Gasteiger partial charge is 0.494 e. The molecule has 0 saturated carbocycles. The maximum absolute atomic E-state index is 12.9. The zero-order valence-electron chi connectivity index (χ0n) is 20.8. The van der Waals surface area contributed by atoms with Gasteiger partial charge < -0.3 is 14.6 Å². The van der Waals surface area contributed by atoms with Crippen LogP contribution in [0.25, 0.3) is 21.3 Å². The quantitative estimate of drug-likeness (QED) is 0.189.